The predicted octanol–water partition coefficient (Wildman–Crippen LogP) is 1.46. The second kappa shape index (κ2) is 3.07. The Bertz CT molecular complexity index is 218. The number of hydrogen-bond donors (Lipinski definition) is 1. The maximum absolute atomic E-state index is 8.51. The molecule has 1 rings (SSSR count). The lowest BCUT2D eigenvalue weighted by Crippen LogP contribution is -1.94. The van der Waals surface area contributed by atoms with E-state index < -0.39 is 0 Å². The van der Waals surface area contributed by atoms with E-state index in [1.54, 1.807) is 0 Å². The van der Waals surface area contributed by atoms with Crippen molar-refractivity contribution in [3.63, 3.8) is 0 Å². The van der Waals surface area contributed by atoms with Gasteiger partial charge in [0.25, 0.3) is 0 Å². The second-order valence-corrected chi connectivity index (χ2v) is 2.40. The molecule has 0 fully saturated rings. The highest BCUT2D eigenvalue weighted by atomic mass is 14.6. The van der Waals surface area contributed by atoms with Crippen LogP contribution < -0.4 is 5.73 Å². The fraction of sp³-hybridized carbons (Fsp3) is 0.375. The quantitative estimate of drug-likeness (QED) is 0.545. The third-order valence-corrected chi connectivity index (χ3v) is 1.55. The molecule has 2 nitrogen and oxygen atoms in total. The SMILES string of the molecule is N#CC1=CC=C(N)CCC1. The Labute approximate surface area is 60.6 Å². The van der Waals surface area contributed by atoms with Crippen LogP contribution in [0.25, 0.3) is 0 Å². The molecule has 0 unspecified atom stereocenters. The van der Waals surface area contributed by atoms with Crippen LogP contribution in [-0.2, 0) is 0 Å². The van der Waals surface area contributed by atoms with Gasteiger partial charge < -0.3 is 5.73 Å². The van der Waals surface area contributed by atoms with E-state index in [9.17, 15) is 0 Å². The van der Waals surface area contributed by atoms with E-state index in [2.05, 4.69) is 6.07 Å². The van der Waals surface area contributed by atoms with E-state index in [-0.39, 0.29) is 0 Å². The van der Waals surface area contributed by atoms with Crippen LogP contribution >= 0.6 is 0 Å². The molecular weight excluding hydrogens is 124 g/mol. The Balaban J connectivity index is 2.72. The summed E-state index contributed by atoms with van der Waals surface area (Å²) in [6.45, 7) is 0. The number of nitrogens with zero attached hydrogens (tertiary/aromatic N) is 1. The topological polar surface area (TPSA) is 49.8 Å². The summed E-state index contributed by atoms with van der Waals surface area (Å²) in [5.74, 6) is 0. The molecule has 0 aromatic carbocycles. The zero-order valence-electron chi connectivity index (χ0n) is 5.80. The van der Waals surface area contributed by atoms with Crippen molar-refractivity contribution in [1.82, 2.24) is 0 Å². The molecule has 0 aromatic heterocycles. The van der Waals surface area contributed by atoms with Crippen molar-refractivity contribution in [1.29, 1.82) is 5.26 Å². The van der Waals surface area contributed by atoms with Crippen molar-refractivity contribution in [2.24, 2.45) is 5.73 Å². The monoisotopic (exact) mass is 134 g/mol. The molecule has 0 amide bonds. The molecule has 0 saturated carbocycles. The highest BCUT2D eigenvalue weighted by Gasteiger charge is 1.99. The predicted molar refractivity (Wildman–Crippen MR) is 39.8 cm³/mol. The minimum Gasteiger partial charge on any atom is -0.402 e. The van der Waals surface area contributed by atoms with Gasteiger partial charge in [-0.1, -0.05) is 0 Å². The molecule has 1 aliphatic carbocycles. The minimum absolute atomic E-state index is 0.834. The first-order valence-corrected chi connectivity index (χ1v) is 3.38. The molecule has 0 saturated heterocycles. The first-order valence-electron chi connectivity index (χ1n) is 3.38. The van der Waals surface area contributed by atoms with E-state index in [1.165, 1.54) is 0 Å². The first kappa shape index (κ1) is 6.88. The van der Waals surface area contributed by atoms with Gasteiger partial charge in [-0.2, -0.15) is 5.26 Å². The molecular formula is C8H10N2. The van der Waals surface area contributed by atoms with E-state index >= 15 is 0 Å². The average molecular weight is 134 g/mol. The molecule has 52 valence electrons. The third kappa shape index (κ3) is 1.63. The van der Waals surface area contributed by atoms with Gasteiger partial charge in [-0.05, 0) is 31.4 Å². The summed E-state index contributed by atoms with van der Waals surface area (Å²) in [6.07, 6.45) is 6.42. The Morgan fingerprint density at radius 1 is 1.40 bits per heavy atom. The van der Waals surface area contributed by atoms with Crippen molar-refractivity contribution in [2.45, 2.75) is 19.3 Å². The fourth-order valence-electron chi connectivity index (χ4n) is 0.950. The van der Waals surface area contributed by atoms with Gasteiger partial charge in [0, 0.05) is 11.3 Å². The van der Waals surface area contributed by atoms with Gasteiger partial charge in [0.2, 0.25) is 0 Å². The lowest BCUT2D eigenvalue weighted by Gasteiger charge is -1.93. The van der Waals surface area contributed by atoms with Crippen LogP contribution in [0.3, 0.4) is 0 Å². The summed E-state index contributed by atoms with van der Waals surface area (Å²) in [5, 5.41) is 8.51. The van der Waals surface area contributed by atoms with Gasteiger partial charge in [-0.25, -0.2) is 0 Å². The lowest BCUT2D eigenvalue weighted by molar-refractivity contribution is 0.819. The maximum Gasteiger partial charge on any atom is 0.0947 e. The Morgan fingerprint density at radius 3 is 2.90 bits per heavy atom. The van der Waals surface area contributed by atoms with E-state index in [1.807, 2.05) is 12.2 Å². The van der Waals surface area contributed by atoms with Crippen LogP contribution in [-0.4, -0.2) is 0 Å². The summed E-state index contributed by atoms with van der Waals surface area (Å²) >= 11 is 0. The summed E-state index contributed by atoms with van der Waals surface area (Å²) in [7, 11) is 0. The third-order valence-electron chi connectivity index (χ3n) is 1.55. The van der Waals surface area contributed by atoms with Crippen LogP contribution in [0.1, 0.15) is 19.3 Å². The van der Waals surface area contributed by atoms with Gasteiger partial charge in [-0.3, -0.25) is 0 Å². The van der Waals surface area contributed by atoms with Crippen molar-refractivity contribution in [3.8, 4) is 6.07 Å². The highest BCUT2D eigenvalue weighted by molar-refractivity contribution is 5.28. The number of hydrogen-bond acceptors (Lipinski definition) is 2. The molecule has 0 aliphatic heterocycles. The smallest absolute Gasteiger partial charge is 0.0947 e. The van der Waals surface area contributed by atoms with E-state index in [0.29, 0.717) is 0 Å². The van der Waals surface area contributed by atoms with E-state index in [0.717, 1.165) is 30.5 Å². The van der Waals surface area contributed by atoms with Crippen LogP contribution in [0.5, 0.6) is 0 Å². The normalized spacial score (nSPS) is 18.3. The molecule has 0 heterocycles. The highest BCUT2D eigenvalue weighted by Crippen LogP contribution is 2.13. The maximum atomic E-state index is 8.51. The molecule has 2 N–H and O–H groups in total. The van der Waals surface area contributed by atoms with Crippen LogP contribution in [0.15, 0.2) is 23.4 Å². The van der Waals surface area contributed by atoms with Crippen molar-refractivity contribution in [2.75, 3.05) is 0 Å². The first-order chi connectivity index (χ1) is 4.83. The van der Waals surface area contributed by atoms with Crippen LogP contribution in [0, 0.1) is 11.3 Å². The molecule has 0 aromatic rings. The van der Waals surface area contributed by atoms with Crippen molar-refractivity contribution in [3.05, 3.63) is 23.4 Å². The van der Waals surface area contributed by atoms with Crippen LogP contribution in [0.4, 0.5) is 0 Å². The largest absolute Gasteiger partial charge is 0.402 e. The summed E-state index contributed by atoms with van der Waals surface area (Å²) in [5.41, 5.74) is 7.27. The molecule has 0 spiro atoms. The zero-order chi connectivity index (χ0) is 7.40. The number of nitrogens with two attached hydrogens (primary N) is 1. The molecule has 2 heteroatoms. The number of rotatable bonds is 0. The molecule has 1 aliphatic rings. The van der Waals surface area contributed by atoms with E-state index in [4.69, 9.17) is 11.0 Å². The minimum atomic E-state index is 0.834. The molecule has 0 bridgehead atoms. The molecule has 0 radical (unpaired) electrons. The number of allylic oxidation sites excluding steroid dienone is 4. The van der Waals surface area contributed by atoms with Crippen LogP contribution in [0.2, 0.25) is 0 Å². The van der Waals surface area contributed by atoms with Crippen molar-refractivity contribution < 1.29 is 0 Å². The average Bonchev–Trinajstić information content (AvgIpc) is 2.14. The Morgan fingerprint density at radius 2 is 2.20 bits per heavy atom. The summed E-state index contributed by atoms with van der Waals surface area (Å²) in [6, 6.07) is 2.13. The standard InChI is InChI=1S/C8H10N2/c9-6-7-2-1-3-8(10)5-4-7/h4-5H,1-3,10H2. The molecule has 0 atom stereocenters. The Hall–Kier alpha value is -1.23. The van der Waals surface area contributed by atoms with Gasteiger partial charge in [0.15, 0.2) is 0 Å². The van der Waals surface area contributed by atoms with Gasteiger partial charge >= 0.3 is 0 Å². The van der Waals surface area contributed by atoms with Gasteiger partial charge in [-0.15, -0.1) is 0 Å². The summed E-state index contributed by atoms with van der Waals surface area (Å²) < 4.78 is 0. The lowest BCUT2D eigenvalue weighted by atomic mass is 10.1. The molecule has 10 heavy (non-hydrogen) atoms. The summed E-state index contributed by atoms with van der Waals surface area (Å²) in [4.78, 5) is 0. The Kier molecular flexibility index (Phi) is 2.11. The van der Waals surface area contributed by atoms with Gasteiger partial charge in [0.05, 0.1) is 6.07 Å². The number of nitriles is 1. The second-order valence-electron chi connectivity index (χ2n) is 2.40. The van der Waals surface area contributed by atoms with Crippen molar-refractivity contribution >= 4 is 0 Å². The van der Waals surface area contributed by atoms with Gasteiger partial charge in [0.1, 0.15) is 0 Å². The fourth-order valence-corrected chi connectivity index (χ4v) is 0.950. The zero-order valence-corrected chi connectivity index (χ0v) is 5.80.